The van der Waals surface area contributed by atoms with Crippen LogP contribution in [0.3, 0.4) is 0 Å². The van der Waals surface area contributed by atoms with Gasteiger partial charge in [0.15, 0.2) is 0 Å². The standard InChI is InChI=1S/C30H33NO3/c32-29-27-16-10-11-17-28(27)30(33)31(29)22-12-5-3-1-2-4-6-13-23-34-26-20-18-25(19-21-26)24-14-8-7-9-15-24/h7-11,14-21H,1-6,12-13,22-23H2. The Kier molecular flexibility index (Phi) is 8.50. The summed E-state index contributed by atoms with van der Waals surface area (Å²) in [6.07, 6.45) is 8.96. The molecular weight excluding hydrogens is 422 g/mol. The number of hydrogen-bond acceptors (Lipinski definition) is 3. The van der Waals surface area contributed by atoms with Gasteiger partial charge in [-0.2, -0.15) is 0 Å². The van der Waals surface area contributed by atoms with Crippen molar-refractivity contribution in [1.82, 2.24) is 4.90 Å². The maximum atomic E-state index is 12.4. The summed E-state index contributed by atoms with van der Waals surface area (Å²) < 4.78 is 5.89. The van der Waals surface area contributed by atoms with Gasteiger partial charge in [0.25, 0.3) is 11.8 Å². The minimum Gasteiger partial charge on any atom is -0.494 e. The third-order valence-corrected chi connectivity index (χ3v) is 6.38. The van der Waals surface area contributed by atoms with Crippen molar-refractivity contribution in [3.8, 4) is 16.9 Å². The number of imide groups is 1. The topological polar surface area (TPSA) is 46.6 Å². The van der Waals surface area contributed by atoms with Crippen molar-refractivity contribution in [2.75, 3.05) is 13.2 Å². The zero-order chi connectivity index (χ0) is 23.6. The van der Waals surface area contributed by atoms with Crippen LogP contribution in [0.25, 0.3) is 11.1 Å². The highest BCUT2D eigenvalue weighted by atomic mass is 16.5. The summed E-state index contributed by atoms with van der Waals surface area (Å²) in [5.74, 6) is 0.641. The second-order valence-electron chi connectivity index (χ2n) is 8.87. The first-order valence-electron chi connectivity index (χ1n) is 12.5. The van der Waals surface area contributed by atoms with Crippen LogP contribution in [0.4, 0.5) is 0 Å². The van der Waals surface area contributed by atoms with E-state index in [9.17, 15) is 9.59 Å². The second kappa shape index (κ2) is 12.2. The second-order valence-corrected chi connectivity index (χ2v) is 8.87. The monoisotopic (exact) mass is 455 g/mol. The van der Waals surface area contributed by atoms with Gasteiger partial charge < -0.3 is 4.74 Å². The van der Waals surface area contributed by atoms with E-state index in [0.29, 0.717) is 17.7 Å². The molecule has 0 aliphatic carbocycles. The Morgan fingerprint density at radius 2 is 1.03 bits per heavy atom. The molecule has 3 aromatic carbocycles. The van der Waals surface area contributed by atoms with E-state index >= 15 is 0 Å². The molecule has 0 fully saturated rings. The zero-order valence-electron chi connectivity index (χ0n) is 19.7. The Morgan fingerprint density at radius 1 is 0.529 bits per heavy atom. The lowest BCUT2D eigenvalue weighted by molar-refractivity contribution is 0.0651. The van der Waals surface area contributed by atoms with Gasteiger partial charge in [0.1, 0.15) is 5.75 Å². The summed E-state index contributed by atoms with van der Waals surface area (Å²) >= 11 is 0. The number of hydrogen-bond donors (Lipinski definition) is 0. The molecule has 2 amide bonds. The molecular formula is C30H33NO3. The number of amides is 2. The molecule has 0 bridgehead atoms. The van der Waals surface area contributed by atoms with Gasteiger partial charge in [-0.3, -0.25) is 14.5 Å². The molecule has 0 saturated carbocycles. The molecule has 0 unspecified atom stereocenters. The van der Waals surface area contributed by atoms with E-state index in [1.807, 2.05) is 30.3 Å². The normalized spacial score (nSPS) is 12.8. The highest BCUT2D eigenvalue weighted by molar-refractivity contribution is 6.21. The number of fused-ring (bicyclic) bond motifs is 1. The fraction of sp³-hybridized carbons (Fsp3) is 0.333. The first-order chi connectivity index (χ1) is 16.7. The van der Waals surface area contributed by atoms with Crippen LogP contribution in [0.1, 0.15) is 72.1 Å². The molecule has 4 rings (SSSR count). The van der Waals surface area contributed by atoms with Crippen molar-refractivity contribution in [1.29, 1.82) is 0 Å². The first kappa shape index (κ1) is 23.7. The highest BCUT2D eigenvalue weighted by Crippen LogP contribution is 2.24. The SMILES string of the molecule is O=C1c2ccccc2C(=O)N1CCCCCCCCCCOc1ccc(-c2ccccc2)cc1. The minimum absolute atomic E-state index is 0.144. The van der Waals surface area contributed by atoms with Crippen LogP contribution < -0.4 is 4.74 Å². The fourth-order valence-corrected chi connectivity index (χ4v) is 4.44. The van der Waals surface area contributed by atoms with Gasteiger partial charge in [-0.25, -0.2) is 0 Å². The molecule has 0 saturated heterocycles. The lowest BCUT2D eigenvalue weighted by Gasteiger charge is -2.13. The van der Waals surface area contributed by atoms with Gasteiger partial charge in [-0.15, -0.1) is 0 Å². The third kappa shape index (κ3) is 6.13. The molecule has 3 aromatic rings. The summed E-state index contributed by atoms with van der Waals surface area (Å²) in [4.78, 5) is 26.1. The van der Waals surface area contributed by atoms with Gasteiger partial charge in [0.2, 0.25) is 0 Å². The summed E-state index contributed by atoms with van der Waals surface area (Å²) in [5.41, 5.74) is 3.51. The van der Waals surface area contributed by atoms with Gasteiger partial charge in [-0.1, -0.05) is 93.1 Å². The van der Waals surface area contributed by atoms with E-state index < -0.39 is 0 Å². The van der Waals surface area contributed by atoms with Crippen molar-refractivity contribution in [2.24, 2.45) is 0 Å². The molecule has 0 spiro atoms. The van der Waals surface area contributed by atoms with Gasteiger partial charge >= 0.3 is 0 Å². The first-order valence-corrected chi connectivity index (χ1v) is 12.5. The van der Waals surface area contributed by atoms with Crippen molar-refractivity contribution < 1.29 is 14.3 Å². The van der Waals surface area contributed by atoms with Gasteiger partial charge in [0, 0.05) is 6.54 Å². The average molecular weight is 456 g/mol. The number of rotatable bonds is 13. The van der Waals surface area contributed by atoms with Crippen LogP contribution in [-0.4, -0.2) is 29.9 Å². The zero-order valence-corrected chi connectivity index (χ0v) is 19.7. The van der Waals surface area contributed by atoms with Crippen LogP contribution in [0, 0.1) is 0 Å². The van der Waals surface area contributed by atoms with Crippen LogP contribution in [0.5, 0.6) is 5.75 Å². The largest absolute Gasteiger partial charge is 0.494 e. The molecule has 0 aromatic heterocycles. The number of ether oxygens (including phenoxy) is 1. The molecule has 34 heavy (non-hydrogen) atoms. The highest BCUT2D eigenvalue weighted by Gasteiger charge is 2.34. The van der Waals surface area contributed by atoms with Crippen molar-refractivity contribution >= 4 is 11.8 Å². The molecule has 4 nitrogen and oxygen atoms in total. The maximum Gasteiger partial charge on any atom is 0.261 e. The van der Waals surface area contributed by atoms with Crippen molar-refractivity contribution in [3.05, 3.63) is 90.0 Å². The van der Waals surface area contributed by atoms with E-state index in [0.717, 1.165) is 38.0 Å². The molecule has 1 heterocycles. The van der Waals surface area contributed by atoms with Crippen LogP contribution >= 0.6 is 0 Å². The Morgan fingerprint density at radius 3 is 1.65 bits per heavy atom. The van der Waals surface area contributed by atoms with Crippen molar-refractivity contribution in [3.63, 3.8) is 0 Å². The van der Waals surface area contributed by atoms with E-state index in [1.165, 1.54) is 41.7 Å². The van der Waals surface area contributed by atoms with E-state index in [1.54, 1.807) is 12.1 Å². The molecule has 0 N–H and O–H groups in total. The summed E-state index contributed by atoms with van der Waals surface area (Å²) in [6, 6.07) is 25.8. The Hall–Kier alpha value is -3.40. The van der Waals surface area contributed by atoms with Crippen LogP contribution in [-0.2, 0) is 0 Å². The van der Waals surface area contributed by atoms with Gasteiger partial charge in [0.05, 0.1) is 17.7 Å². The van der Waals surface area contributed by atoms with Crippen molar-refractivity contribution in [2.45, 2.75) is 51.4 Å². The molecule has 0 atom stereocenters. The smallest absolute Gasteiger partial charge is 0.261 e. The predicted molar refractivity (Wildman–Crippen MR) is 136 cm³/mol. The number of nitrogens with zero attached hydrogens (tertiary/aromatic N) is 1. The predicted octanol–water partition coefficient (Wildman–Crippen LogP) is 7.15. The lowest BCUT2D eigenvalue weighted by Crippen LogP contribution is -2.30. The minimum atomic E-state index is -0.144. The molecule has 1 aliphatic rings. The van der Waals surface area contributed by atoms with E-state index in [-0.39, 0.29) is 11.8 Å². The van der Waals surface area contributed by atoms with Crippen LogP contribution in [0.2, 0.25) is 0 Å². The van der Waals surface area contributed by atoms with Crippen LogP contribution in [0.15, 0.2) is 78.9 Å². The summed E-state index contributed by atoms with van der Waals surface area (Å²) in [6.45, 7) is 1.28. The summed E-state index contributed by atoms with van der Waals surface area (Å²) in [7, 11) is 0. The Balaban J connectivity index is 1.01. The third-order valence-electron chi connectivity index (χ3n) is 6.38. The molecule has 176 valence electrons. The lowest BCUT2D eigenvalue weighted by atomic mass is 10.1. The van der Waals surface area contributed by atoms with E-state index in [4.69, 9.17) is 4.74 Å². The summed E-state index contributed by atoms with van der Waals surface area (Å²) in [5, 5.41) is 0. The Labute approximate surface area is 202 Å². The average Bonchev–Trinajstić information content (AvgIpc) is 3.13. The number of carbonyl (C=O) groups is 2. The van der Waals surface area contributed by atoms with E-state index in [2.05, 4.69) is 36.4 Å². The number of benzene rings is 3. The Bertz CT molecular complexity index is 1040. The number of carbonyl (C=O) groups excluding carboxylic acids is 2. The quantitative estimate of drug-likeness (QED) is 0.203. The fourth-order valence-electron chi connectivity index (χ4n) is 4.44. The number of unbranched alkanes of at least 4 members (excludes halogenated alkanes) is 7. The molecule has 1 aliphatic heterocycles. The molecule has 0 radical (unpaired) electrons. The van der Waals surface area contributed by atoms with Gasteiger partial charge in [-0.05, 0) is 48.2 Å². The molecule has 4 heteroatoms. The maximum absolute atomic E-state index is 12.4.